The molecule has 2 N–H and O–H groups in total. The summed E-state index contributed by atoms with van der Waals surface area (Å²) < 4.78 is 0.585. The summed E-state index contributed by atoms with van der Waals surface area (Å²) in [6.07, 6.45) is 0. The molecule has 1 amide bonds. The molecule has 4 nitrogen and oxygen atoms in total. The van der Waals surface area contributed by atoms with Gasteiger partial charge in [0.15, 0.2) is 5.78 Å². The number of primary amides is 1. The highest BCUT2D eigenvalue weighted by atomic mass is 35.5. The van der Waals surface area contributed by atoms with Crippen molar-refractivity contribution < 1.29 is 9.59 Å². The van der Waals surface area contributed by atoms with Crippen molar-refractivity contribution in [3.63, 3.8) is 0 Å². The van der Waals surface area contributed by atoms with Crippen LogP contribution in [0, 0.1) is 0 Å². The van der Waals surface area contributed by atoms with E-state index in [9.17, 15) is 9.59 Å². The number of amides is 1. The van der Waals surface area contributed by atoms with E-state index in [1.54, 1.807) is 17.0 Å². The number of halogens is 1. The van der Waals surface area contributed by atoms with Crippen LogP contribution in [0.5, 0.6) is 0 Å². The number of nitrogens with two attached hydrogens (primary N) is 1. The van der Waals surface area contributed by atoms with E-state index < -0.39 is 5.91 Å². The maximum Gasteiger partial charge on any atom is 0.231 e. The number of ketones is 1. The molecule has 0 aromatic carbocycles. The van der Waals surface area contributed by atoms with E-state index in [2.05, 4.69) is 0 Å². The molecular weight excluding hydrogens is 248 g/mol. The third-order valence-electron chi connectivity index (χ3n) is 2.04. The summed E-state index contributed by atoms with van der Waals surface area (Å²) >= 11 is 6.98. The summed E-state index contributed by atoms with van der Waals surface area (Å²) in [7, 11) is 0. The minimum absolute atomic E-state index is 0.0417. The second-order valence-electron chi connectivity index (χ2n) is 3.30. The first-order valence-corrected chi connectivity index (χ1v) is 6.01. The normalized spacial score (nSPS) is 10.7. The molecule has 1 rings (SSSR count). The Morgan fingerprint density at radius 2 is 2.12 bits per heavy atom. The standard InChI is InChI=1S/C10H13ClN2O2S/c1-2-13(6-10(12)15)5-7(14)8-3-4-9(11)16-8/h3-4H,2,5-6H2,1H3,(H2,12,15). The molecule has 0 aliphatic carbocycles. The van der Waals surface area contributed by atoms with E-state index in [1.807, 2.05) is 6.92 Å². The lowest BCUT2D eigenvalue weighted by atomic mass is 10.3. The van der Waals surface area contributed by atoms with Crippen LogP contribution in [0.25, 0.3) is 0 Å². The Morgan fingerprint density at radius 1 is 1.44 bits per heavy atom. The average molecular weight is 261 g/mol. The summed E-state index contributed by atoms with van der Waals surface area (Å²) in [4.78, 5) is 24.8. The first kappa shape index (κ1) is 13.2. The molecule has 0 fully saturated rings. The second-order valence-corrected chi connectivity index (χ2v) is 5.01. The number of hydrogen-bond acceptors (Lipinski definition) is 4. The molecule has 0 unspecified atom stereocenters. The molecule has 0 spiro atoms. The van der Waals surface area contributed by atoms with Gasteiger partial charge in [0.25, 0.3) is 0 Å². The SMILES string of the molecule is CCN(CC(N)=O)CC(=O)c1ccc(Cl)s1. The predicted molar refractivity (Wildman–Crippen MR) is 65.0 cm³/mol. The molecule has 1 aromatic heterocycles. The average Bonchev–Trinajstić information content (AvgIpc) is 2.63. The highest BCUT2D eigenvalue weighted by Crippen LogP contribution is 2.21. The zero-order valence-electron chi connectivity index (χ0n) is 8.90. The molecule has 0 atom stereocenters. The van der Waals surface area contributed by atoms with Gasteiger partial charge in [0.05, 0.1) is 22.3 Å². The zero-order valence-corrected chi connectivity index (χ0v) is 10.5. The lowest BCUT2D eigenvalue weighted by Gasteiger charge is -2.16. The van der Waals surface area contributed by atoms with E-state index in [0.717, 1.165) is 0 Å². The van der Waals surface area contributed by atoms with Gasteiger partial charge in [0.2, 0.25) is 5.91 Å². The number of rotatable bonds is 6. The van der Waals surface area contributed by atoms with Gasteiger partial charge in [0.1, 0.15) is 0 Å². The van der Waals surface area contributed by atoms with E-state index in [-0.39, 0.29) is 18.9 Å². The van der Waals surface area contributed by atoms with Crippen molar-refractivity contribution in [2.24, 2.45) is 5.73 Å². The van der Waals surface area contributed by atoms with Crippen LogP contribution in [-0.2, 0) is 4.79 Å². The molecule has 88 valence electrons. The minimum atomic E-state index is -0.432. The fourth-order valence-electron chi connectivity index (χ4n) is 1.25. The van der Waals surface area contributed by atoms with Crippen LogP contribution in [0.1, 0.15) is 16.6 Å². The molecule has 0 aliphatic rings. The first-order valence-electron chi connectivity index (χ1n) is 4.82. The number of carbonyl (C=O) groups excluding carboxylic acids is 2. The summed E-state index contributed by atoms with van der Waals surface area (Å²) in [5.41, 5.74) is 5.08. The molecule has 6 heteroatoms. The first-order chi connectivity index (χ1) is 7.52. The minimum Gasteiger partial charge on any atom is -0.369 e. The highest BCUT2D eigenvalue weighted by molar-refractivity contribution is 7.18. The molecular formula is C10H13ClN2O2S. The molecule has 0 bridgehead atoms. The van der Waals surface area contributed by atoms with Gasteiger partial charge in [-0.25, -0.2) is 0 Å². The fourth-order valence-corrected chi connectivity index (χ4v) is 2.22. The fraction of sp³-hybridized carbons (Fsp3) is 0.400. The molecule has 0 radical (unpaired) electrons. The van der Waals surface area contributed by atoms with E-state index in [1.165, 1.54) is 11.3 Å². The number of carbonyl (C=O) groups is 2. The van der Waals surface area contributed by atoms with Crippen molar-refractivity contribution in [2.75, 3.05) is 19.6 Å². The van der Waals surface area contributed by atoms with Gasteiger partial charge in [-0.1, -0.05) is 18.5 Å². The Hall–Kier alpha value is -0.910. The Balaban J connectivity index is 2.58. The monoisotopic (exact) mass is 260 g/mol. The van der Waals surface area contributed by atoms with Gasteiger partial charge in [0, 0.05) is 0 Å². The van der Waals surface area contributed by atoms with Gasteiger partial charge in [-0.3, -0.25) is 14.5 Å². The molecule has 0 saturated carbocycles. The highest BCUT2D eigenvalue weighted by Gasteiger charge is 2.14. The number of hydrogen-bond donors (Lipinski definition) is 1. The van der Waals surface area contributed by atoms with Crippen LogP contribution in [0.3, 0.4) is 0 Å². The third-order valence-corrected chi connectivity index (χ3v) is 3.31. The largest absolute Gasteiger partial charge is 0.369 e. The topological polar surface area (TPSA) is 63.4 Å². The van der Waals surface area contributed by atoms with Crippen LogP contribution in [0.4, 0.5) is 0 Å². The van der Waals surface area contributed by atoms with E-state index in [4.69, 9.17) is 17.3 Å². The predicted octanol–water partition coefficient (Wildman–Crippen LogP) is 1.39. The van der Waals surface area contributed by atoms with Gasteiger partial charge in [-0.05, 0) is 18.7 Å². The van der Waals surface area contributed by atoms with Crippen LogP contribution >= 0.6 is 22.9 Å². The number of Topliss-reactive ketones (excluding diaryl/α,β-unsaturated/α-hetero) is 1. The lowest BCUT2D eigenvalue weighted by molar-refractivity contribution is -0.118. The number of nitrogens with zero attached hydrogens (tertiary/aromatic N) is 1. The van der Waals surface area contributed by atoms with Crippen LogP contribution in [-0.4, -0.2) is 36.2 Å². The van der Waals surface area contributed by atoms with Gasteiger partial charge < -0.3 is 5.73 Å². The van der Waals surface area contributed by atoms with Crippen LogP contribution in [0.15, 0.2) is 12.1 Å². The summed E-state index contributed by atoms with van der Waals surface area (Å²) in [6, 6.07) is 3.37. The third kappa shape index (κ3) is 3.92. The van der Waals surface area contributed by atoms with E-state index in [0.29, 0.717) is 15.8 Å². The van der Waals surface area contributed by atoms with Gasteiger partial charge in [-0.2, -0.15) is 0 Å². The maximum atomic E-state index is 11.8. The van der Waals surface area contributed by atoms with Crippen molar-refractivity contribution in [2.45, 2.75) is 6.92 Å². The molecule has 0 saturated heterocycles. The zero-order chi connectivity index (χ0) is 12.1. The Labute approximate surface area is 103 Å². The smallest absolute Gasteiger partial charge is 0.231 e. The Kier molecular flexibility index (Phi) is 4.92. The molecule has 0 aliphatic heterocycles. The van der Waals surface area contributed by atoms with Crippen molar-refractivity contribution in [1.29, 1.82) is 0 Å². The summed E-state index contributed by atoms with van der Waals surface area (Å²) in [5.74, 6) is -0.473. The number of thiophene rings is 1. The Morgan fingerprint density at radius 3 is 2.56 bits per heavy atom. The summed E-state index contributed by atoms with van der Waals surface area (Å²) in [5, 5.41) is 0. The van der Waals surface area contributed by atoms with Crippen molar-refractivity contribution in [3.8, 4) is 0 Å². The summed E-state index contributed by atoms with van der Waals surface area (Å²) in [6.45, 7) is 2.77. The van der Waals surface area contributed by atoms with Gasteiger partial charge >= 0.3 is 0 Å². The van der Waals surface area contributed by atoms with Crippen LogP contribution < -0.4 is 5.73 Å². The van der Waals surface area contributed by atoms with Crippen molar-refractivity contribution in [3.05, 3.63) is 21.3 Å². The van der Waals surface area contributed by atoms with Crippen molar-refractivity contribution >= 4 is 34.6 Å². The molecule has 1 aromatic rings. The molecule has 1 heterocycles. The van der Waals surface area contributed by atoms with E-state index >= 15 is 0 Å². The number of likely N-dealkylation sites (N-methyl/N-ethyl adjacent to an activating group) is 1. The quantitative estimate of drug-likeness (QED) is 0.787. The molecule has 16 heavy (non-hydrogen) atoms. The lowest BCUT2D eigenvalue weighted by Crippen LogP contribution is -2.37. The maximum absolute atomic E-state index is 11.8. The Bertz CT molecular complexity index is 392. The second kappa shape index (κ2) is 5.98. The van der Waals surface area contributed by atoms with Crippen LogP contribution in [0.2, 0.25) is 4.34 Å². The van der Waals surface area contributed by atoms with Crippen molar-refractivity contribution in [1.82, 2.24) is 4.90 Å². The van der Waals surface area contributed by atoms with Gasteiger partial charge in [-0.15, -0.1) is 11.3 Å².